The smallest absolute Gasteiger partial charge is 0.0712 e. The van der Waals surface area contributed by atoms with Gasteiger partial charge in [0.25, 0.3) is 0 Å². The van der Waals surface area contributed by atoms with Crippen molar-refractivity contribution in [3.8, 4) is 0 Å². The van der Waals surface area contributed by atoms with Crippen molar-refractivity contribution in [2.75, 3.05) is 19.6 Å². The summed E-state index contributed by atoms with van der Waals surface area (Å²) in [6, 6.07) is 8.48. The number of rotatable bonds is 5. The third-order valence-electron chi connectivity index (χ3n) is 2.75. The second kappa shape index (κ2) is 6.14. The molecular formula is C13H20ClN. The Balaban J connectivity index is 2.60. The van der Waals surface area contributed by atoms with Crippen molar-refractivity contribution >= 4 is 11.6 Å². The summed E-state index contributed by atoms with van der Waals surface area (Å²) >= 11 is 6.37. The SMILES string of the molecule is CCN(CC)CC(Cl)c1ccc(C)cc1. The number of aryl methyl sites for hydroxylation is 1. The molecule has 1 aromatic carbocycles. The van der Waals surface area contributed by atoms with Crippen molar-refractivity contribution in [2.24, 2.45) is 0 Å². The van der Waals surface area contributed by atoms with Gasteiger partial charge >= 0.3 is 0 Å². The largest absolute Gasteiger partial charge is 0.302 e. The van der Waals surface area contributed by atoms with E-state index in [1.54, 1.807) is 0 Å². The van der Waals surface area contributed by atoms with E-state index in [0.29, 0.717) is 0 Å². The maximum atomic E-state index is 6.37. The molecule has 0 fully saturated rings. The third-order valence-corrected chi connectivity index (χ3v) is 3.14. The summed E-state index contributed by atoms with van der Waals surface area (Å²) in [5.41, 5.74) is 2.50. The predicted molar refractivity (Wildman–Crippen MR) is 67.6 cm³/mol. The number of nitrogens with zero attached hydrogens (tertiary/aromatic N) is 1. The zero-order chi connectivity index (χ0) is 11.3. The van der Waals surface area contributed by atoms with Gasteiger partial charge in [-0.2, -0.15) is 0 Å². The Hall–Kier alpha value is -0.530. The van der Waals surface area contributed by atoms with Crippen LogP contribution in [0.2, 0.25) is 0 Å². The number of benzene rings is 1. The minimum atomic E-state index is 0.102. The summed E-state index contributed by atoms with van der Waals surface area (Å²) in [5, 5.41) is 0.102. The maximum Gasteiger partial charge on any atom is 0.0712 e. The molecule has 15 heavy (non-hydrogen) atoms. The van der Waals surface area contributed by atoms with Gasteiger partial charge in [-0.1, -0.05) is 43.7 Å². The minimum Gasteiger partial charge on any atom is -0.302 e. The van der Waals surface area contributed by atoms with Crippen LogP contribution < -0.4 is 0 Å². The van der Waals surface area contributed by atoms with Crippen LogP contribution in [0.1, 0.15) is 30.4 Å². The summed E-state index contributed by atoms with van der Waals surface area (Å²) in [7, 11) is 0. The summed E-state index contributed by atoms with van der Waals surface area (Å²) in [6.07, 6.45) is 0. The van der Waals surface area contributed by atoms with E-state index in [4.69, 9.17) is 11.6 Å². The van der Waals surface area contributed by atoms with Crippen LogP contribution in [0.3, 0.4) is 0 Å². The average Bonchev–Trinajstić information content (AvgIpc) is 2.26. The molecule has 84 valence electrons. The summed E-state index contributed by atoms with van der Waals surface area (Å²) in [6.45, 7) is 9.48. The van der Waals surface area contributed by atoms with E-state index < -0.39 is 0 Å². The highest BCUT2D eigenvalue weighted by Crippen LogP contribution is 2.21. The fourth-order valence-electron chi connectivity index (χ4n) is 1.59. The Bertz CT molecular complexity index is 277. The Morgan fingerprint density at radius 1 is 1.13 bits per heavy atom. The minimum absolute atomic E-state index is 0.102. The van der Waals surface area contributed by atoms with Crippen molar-refractivity contribution in [3.05, 3.63) is 35.4 Å². The van der Waals surface area contributed by atoms with Crippen molar-refractivity contribution in [1.29, 1.82) is 0 Å². The lowest BCUT2D eigenvalue weighted by Gasteiger charge is -2.21. The van der Waals surface area contributed by atoms with E-state index in [1.807, 2.05) is 0 Å². The van der Waals surface area contributed by atoms with E-state index in [9.17, 15) is 0 Å². The monoisotopic (exact) mass is 225 g/mol. The maximum absolute atomic E-state index is 6.37. The Morgan fingerprint density at radius 3 is 2.13 bits per heavy atom. The highest BCUT2D eigenvalue weighted by Gasteiger charge is 2.10. The highest BCUT2D eigenvalue weighted by molar-refractivity contribution is 6.21. The van der Waals surface area contributed by atoms with Crippen LogP contribution in [0.5, 0.6) is 0 Å². The van der Waals surface area contributed by atoms with Crippen molar-refractivity contribution < 1.29 is 0 Å². The molecule has 0 aromatic heterocycles. The fraction of sp³-hybridized carbons (Fsp3) is 0.538. The van der Waals surface area contributed by atoms with Crippen LogP contribution in [0.25, 0.3) is 0 Å². The quantitative estimate of drug-likeness (QED) is 0.692. The molecule has 0 bridgehead atoms. The zero-order valence-electron chi connectivity index (χ0n) is 9.83. The van der Waals surface area contributed by atoms with Crippen LogP contribution in [-0.2, 0) is 0 Å². The number of halogens is 1. The fourth-order valence-corrected chi connectivity index (χ4v) is 1.93. The third kappa shape index (κ3) is 3.84. The van der Waals surface area contributed by atoms with Gasteiger partial charge in [0.2, 0.25) is 0 Å². The van der Waals surface area contributed by atoms with Crippen molar-refractivity contribution in [3.63, 3.8) is 0 Å². The molecule has 0 saturated heterocycles. The van der Waals surface area contributed by atoms with Gasteiger partial charge in [-0.25, -0.2) is 0 Å². The second-order valence-electron chi connectivity index (χ2n) is 3.86. The van der Waals surface area contributed by atoms with Gasteiger partial charge in [-0.05, 0) is 25.6 Å². The molecule has 0 amide bonds. The first-order valence-corrected chi connectivity index (χ1v) is 6.04. The first-order valence-electron chi connectivity index (χ1n) is 5.60. The van der Waals surface area contributed by atoms with Gasteiger partial charge in [0.1, 0.15) is 0 Å². The predicted octanol–water partition coefficient (Wildman–Crippen LogP) is 3.62. The molecular weight excluding hydrogens is 206 g/mol. The van der Waals surface area contributed by atoms with Crippen LogP contribution in [0.15, 0.2) is 24.3 Å². The van der Waals surface area contributed by atoms with E-state index in [-0.39, 0.29) is 5.38 Å². The summed E-state index contributed by atoms with van der Waals surface area (Å²) in [4.78, 5) is 2.34. The van der Waals surface area contributed by atoms with Gasteiger partial charge in [-0.3, -0.25) is 0 Å². The van der Waals surface area contributed by atoms with Crippen molar-refractivity contribution in [2.45, 2.75) is 26.1 Å². The van der Waals surface area contributed by atoms with Crippen LogP contribution >= 0.6 is 11.6 Å². The first kappa shape index (κ1) is 12.5. The number of hydrogen-bond donors (Lipinski definition) is 0. The number of alkyl halides is 1. The number of hydrogen-bond acceptors (Lipinski definition) is 1. The highest BCUT2D eigenvalue weighted by atomic mass is 35.5. The molecule has 1 unspecified atom stereocenters. The zero-order valence-corrected chi connectivity index (χ0v) is 10.6. The molecule has 0 radical (unpaired) electrons. The molecule has 0 N–H and O–H groups in total. The summed E-state index contributed by atoms with van der Waals surface area (Å²) in [5.74, 6) is 0. The lowest BCUT2D eigenvalue weighted by atomic mass is 10.1. The van der Waals surface area contributed by atoms with Crippen molar-refractivity contribution in [1.82, 2.24) is 4.90 Å². The molecule has 2 heteroatoms. The van der Waals surface area contributed by atoms with E-state index in [0.717, 1.165) is 19.6 Å². The molecule has 1 nitrogen and oxygen atoms in total. The van der Waals surface area contributed by atoms with E-state index in [2.05, 4.69) is 49.9 Å². The molecule has 0 spiro atoms. The molecule has 1 rings (SSSR count). The Kier molecular flexibility index (Phi) is 5.13. The second-order valence-corrected chi connectivity index (χ2v) is 4.39. The Morgan fingerprint density at radius 2 is 1.67 bits per heavy atom. The molecule has 0 aliphatic heterocycles. The van der Waals surface area contributed by atoms with Crippen LogP contribution in [0.4, 0.5) is 0 Å². The summed E-state index contributed by atoms with van der Waals surface area (Å²) < 4.78 is 0. The molecule has 0 aliphatic rings. The standard InChI is InChI=1S/C13H20ClN/c1-4-15(5-2)10-13(14)12-8-6-11(3)7-9-12/h6-9,13H,4-5,10H2,1-3H3. The molecule has 1 aromatic rings. The van der Waals surface area contributed by atoms with Crippen LogP contribution in [0, 0.1) is 6.92 Å². The first-order chi connectivity index (χ1) is 7.17. The molecule has 0 saturated carbocycles. The Labute approximate surface area is 98.0 Å². The van der Waals surface area contributed by atoms with Gasteiger partial charge in [0, 0.05) is 6.54 Å². The van der Waals surface area contributed by atoms with Gasteiger partial charge < -0.3 is 4.90 Å². The molecule has 1 atom stereocenters. The lowest BCUT2D eigenvalue weighted by molar-refractivity contribution is 0.304. The van der Waals surface area contributed by atoms with Gasteiger partial charge in [0.15, 0.2) is 0 Å². The molecule has 0 aliphatic carbocycles. The number of likely N-dealkylation sites (N-methyl/N-ethyl adjacent to an activating group) is 1. The van der Waals surface area contributed by atoms with E-state index in [1.165, 1.54) is 11.1 Å². The normalized spacial score (nSPS) is 13.1. The van der Waals surface area contributed by atoms with Gasteiger partial charge in [-0.15, -0.1) is 11.6 Å². The van der Waals surface area contributed by atoms with Gasteiger partial charge in [0.05, 0.1) is 5.38 Å². The lowest BCUT2D eigenvalue weighted by Crippen LogP contribution is -2.26. The average molecular weight is 226 g/mol. The van der Waals surface area contributed by atoms with E-state index >= 15 is 0 Å². The molecule has 0 heterocycles. The van der Waals surface area contributed by atoms with Crippen LogP contribution in [-0.4, -0.2) is 24.5 Å². The topological polar surface area (TPSA) is 3.24 Å².